The van der Waals surface area contributed by atoms with Crippen LogP contribution in [-0.2, 0) is 13.0 Å². The largest absolute Gasteiger partial charge is 0.344 e. The van der Waals surface area contributed by atoms with Gasteiger partial charge in [0, 0.05) is 12.2 Å². The zero-order chi connectivity index (χ0) is 20.3. The van der Waals surface area contributed by atoms with E-state index in [2.05, 4.69) is 61.8 Å². The van der Waals surface area contributed by atoms with Crippen molar-refractivity contribution < 1.29 is 4.79 Å². The molecule has 28 heavy (non-hydrogen) atoms. The number of nitrogens with zero attached hydrogens (tertiary/aromatic N) is 1. The first-order valence-corrected chi connectivity index (χ1v) is 10.0. The Morgan fingerprint density at radius 3 is 2.25 bits per heavy atom. The molecule has 0 saturated heterocycles. The molecule has 3 nitrogen and oxygen atoms in total. The second kappa shape index (κ2) is 8.47. The van der Waals surface area contributed by atoms with Gasteiger partial charge in [-0.1, -0.05) is 67.1 Å². The summed E-state index contributed by atoms with van der Waals surface area (Å²) in [5, 5.41) is 3.19. The summed E-state index contributed by atoms with van der Waals surface area (Å²) in [7, 11) is 0. The Hall–Kier alpha value is -2.81. The van der Waals surface area contributed by atoms with E-state index in [4.69, 9.17) is 0 Å². The molecule has 1 N–H and O–H groups in total. The molecule has 0 aliphatic rings. The molecular weight excluding hydrogens is 344 g/mol. The normalized spacial score (nSPS) is 12.0. The van der Waals surface area contributed by atoms with Crippen molar-refractivity contribution in [1.29, 1.82) is 0 Å². The molecule has 0 radical (unpaired) electrons. The third kappa shape index (κ3) is 4.04. The fourth-order valence-electron chi connectivity index (χ4n) is 3.92. The molecule has 1 heterocycles. The second-order valence-electron chi connectivity index (χ2n) is 7.57. The number of hydrogen-bond acceptors (Lipinski definition) is 1. The Morgan fingerprint density at radius 2 is 1.64 bits per heavy atom. The first-order chi connectivity index (χ1) is 13.4. The Kier molecular flexibility index (Phi) is 6.03. The molecule has 0 fully saturated rings. The zero-order valence-corrected chi connectivity index (χ0v) is 17.5. The maximum atomic E-state index is 13.3. The van der Waals surface area contributed by atoms with Crippen molar-refractivity contribution in [2.24, 2.45) is 0 Å². The zero-order valence-electron chi connectivity index (χ0n) is 17.5. The number of nitrogens with one attached hydrogen (secondary N) is 1. The van der Waals surface area contributed by atoms with Crippen LogP contribution in [0.25, 0.3) is 0 Å². The van der Waals surface area contributed by atoms with Gasteiger partial charge in [0.05, 0.1) is 6.04 Å². The number of amides is 1. The van der Waals surface area contributed by atoms with Crippen LogP contribution in [0.4, 0.5) is 0 Å². The molecule has 0 bridgehead atoms. The Balaban J connectivity index is 1.94. The highest BCUT2D eigenvalue weighted by Crippen LogP contribution is 2.25. The summed E-state index contributed by atoms with van der Waals surface area (Å²) >= 11 is 0. The summed E-state index contributed by atoms with van der Waals surface area (Å²) in [5.41, 5.74) is 7.87. The van der Waals surface area contributed by atoms with E-state index < -0.39 is 0 Å². The molecule has 1 amide bonds. The Morgan fingerprint density at radius 1 is 1.00 bits per heavy atom. The van der Waals surface area contributed by atoms with Crippen molar-refractivity contribution in [2.45, 2.75) is 53.6 Å². The second-order valence-corrected chi connectivity index (χ2v) is 7.57. The number of rotatable bonds is 6. The monoisotopic (exact) mass is 374 g/mol. The van der Waals surface area contributed by atoms with Gasteiger partial charge in [0.25, 0.3) is 5.91 Å². The summed E-state index contributed by atoms with van der Waals surface area (Å²) in [6.45, 7) is 11.2. The summed E-state index contributed by atoms with van der Waals surface area (Å²) in [4.78, 5) is 13.3. The Bertz CT molecular complexity index is 952. The highest BCUT2D eigenvalue weighted by atomic mass is 16.2. The van der Waals surface area contributed by atoms with E-state index >= 15 is 0 Å². The minimum Gasteiger partial charge on any atom is -0.344 e. The van der Waals surface area contributed by atoms with Crippen molar-refractivity contribution >= 4 is 5.91 Å². The molecule has 0 unspecified atom stereocenters. The quantitative estimate of drug-likeness (QED) is 0.606. The van der Waals surface area contributed by atoms with Crippen LogP contribution in [0.15, 0.2) is 54.6 Å². The summed E-state index contributed by atoms with van der Waals surface area (Å²) < 4.78 is 2.17. The van der Waals surface area contributed by atoms with Crippen LogP contribution in [0.2, 0.25) is 0 Å². The van der Waals surface area contributed by atoms with Gasteiger partial charge >= 0.3 is 0 Å². The van der Waals surface area contributed by atoms with E-state index in [-0.39, 0.29) is 11.9 Å². The Labute approximate surface area is 168 Å². The lowest BCUT2D eigenvalue weighted by Crippen LogP contribution is -2.29. The van der Waals surface area contributed by atoms with E-state index in [0.29, 0.717) is 6.54 Å². The molecule has 0 spiro atoms. The van der Waals surface area contributed by atoms with Crippen molar-refractivity contribution in [1.82, 2.24) is 9.88 Å². The maximum absolute atomic E-state index is 13.3. The first kappa shape index (κ1) is 19.9. The number of aromatic nitrogens is 1. The third-order valence-electron chi connectivity index (χ3n) is 5.60. The van der Waals surface area contributed by atoms with Gasteiger partial charge < -0.3 is 9.88 Å². The van der Waals surface area contributed by atoms with Crippen LogP contribution in [0.1, 0.15) is 63.9 Å². The van der Waals surface area contributed by atoms with E-state index in [1.807, 2.05) is 37.3 Å². The highest BCUT2D eigenvalue weighted by Gasteiger charge is 2.23. The molecule has 0 aliphatic carbocycles. The summed E-state index contributed by atoms with van der Waals surface area (Å²) in [5.74, 6) is -0.0104. The predicted octanol–water partition coefficient (Wildman–Crippen LogP) is 5.52. The van der Waals surface area contributed by atoms with Gasteiger partial charge in [-0.05, 0) is 56.4 Å². The van der Waals surface area contributed by atoms with Crippen molar-refractivity contribution in [3.8, 4) is 0 Å². The summed E-state index contributed by atoms with van der Waals surface area (Å²) in [6.07, 6.45) is 0.924. The molecule has 1 aromatic heterocycles. The molecule has 1 atom stereocenters. The van der Waals surface area contributed by atoms with E-state index in [0.717, 1.165) is 23.2 Å². The number of carbonyl (C=O) groups excluding carboxylic acids is 1. The molecule has 2 aromatic carbocycles. The predicted molar refractivity (Wildman–Crippen MR) is 116 cm³/mol. The molecule has 0 aliphatic heterocycles. The van der Waals surface area contributed by atoms with Crippen LogP contribution in [-0.4, -0.2) is 10.5 Å². The third-order valence-corrected chi connectivity index (χ3v) is 5.60. The average molecular weight is 375 g/mol. The van der Waals surface area contributed by atoms with Gasteiger partial charge in [0.15, 0.2) is 0 Å². The fraction of sp³-hybridized carbons (Fsp3) is 0.320. The van der Waals surface area contributed by atoms with Gasteiger partial charge in [-0.25, -0.2) is 0 Å². The van der Waals surface area contributed by atoms with Gasteiger partial charge in [-0.15, -0.1) is 0 Å². The lowest BCUT2D eigenvalue weighted by Gasteiger charge is -2.17. The number of carbonyl (C=O) groups is 1. The first-order valence-electron chi connectivity index (χ1n) is 10.0. The minimum atomic E-state index is -0.0405. The van der Waals surface area contributed by atoms with Crippen LogP contribution in [0, 0.1) is 20.8 Å². The topological polar surface area (TPSA) is 34.0 Å². The minimum absolute atomic E-state index is 0.0104. The van der Waals surface area contributed by atoms with Gasteiger partial charge in [-0.3, -0.25) is 4.79 Å². The van der Waals surface area contributed by atoms with Crippen LogP contribution < -0.4 is 5.32 Å². The van der Waals surface area contributed by atoms with Gasteiger partial charge in [0.2, 0.25) is 0 Å². The number of benzene rings is 2. The molecule has 0 saturated carbocycles. The maximum Gasteiger partial charge on any atom is 0.268 e. The van der Waals surface area contributed by atoms with Gasteiger partial charge in [-0.2, -0.15) is 0 Å². The van der Waals surface area contributed by atoms with Crippen LogP contribution in [0.5, 0.6) is 0 Å². The molecule has 3 aromatic rings. The number of aryl methyl sites for hydroxylation is 1. The van der Waals surface area contributed by atoms with Crippen molar-refractivity contribution in [3.63, 3.8) is 0 Å². The molecule has 3 rings (SSSR count). The van der Waals surface area contributed by atoms with Crippen LogP contribution >= 0.6 is 0 Å². The van der Waals surface area contributed by atoms with E-state index in [1.54, 1.807) is 0 Å². The van der Waals surface area contributed by atoms with Crippen LogP contribution in [0.3, 0.4) is 0 Å². The summed E-state index contributed by atoms with van der Waals surface area (Å²) in [6, 6.07) is 18.6. The lowest BCUT2D eigenvalue weighted by atomic mass is 10.1. The standard InChI is InChI=1S/C25H30N2O/c1-6-23-18(3)24(25(28)26-19(4)22-10-8-7-9-11-22)27(20(23)5)16-21-14-12-17(2)13-15-21/h7-15,19H,6,16H2,1-5H3,(H,26,28)/t19-/m1/s1. The molecular formula is C25H30N2O. The highest BCUT2D eigenvalue weighted by molar-refractivity contribution is 5.95. The fourth-order valence-corrected chi connectivity index (χ4v) is 3.92. The van der Waals surface area contributed by atoms with E-state index in [9.17, 15) is 4.79 Å². The molecule has 3 heteroatoms. The van der Waals surface area contributed by atoms with Crippen molar-refractivity contribution in [3.05, 3.63) is 93.8 Å². The number of hydrogen-bond donors (Lipinski definition) is 1. The van der Waals surface area contributed by atoms with Crippen molar-refractivity contribution in [2.75, 3.05) is 0 Å². The lowest BCUT2D eigenvalue weighted by molar-refractivity contribution is 0.0930. The SMILES string of the molecule is CCc1c(C)c(C(=O)N[C@H](C)c2ccccc2)n(Cc2ccc(C)cc2)c1C. The van der Waals surface area contributed by atoms with Gasteiger partial charge in [0.1, 0.15) is 5.69 Å². The molecule has 146 valence electrons. The smallest absolute Gasteiger partial charge is 0.268 e. The van der Waals surface area contributed by atoms with E-state index in [1.165, 1.54) is 22.4 Å². The average Bonchev–Trinajstić information content (AvgIpc) is 2.93.